The first-order valence-corrected chi connectivity index (χ1v) is 5.84. The molecule has 5 heteroatoms. The molecule has 0 aliphatic rings. The highest BCUT2D eigenvalue weighted by molar-refractivity contribution is 6.34. The van der Waals surface area contributed by atoms with Crippen LogP contribution in [0.2, 0.25) is 5.02 Å². The summed E-state index contributed by atoms with van der Waals surface area (Å²) in [6, 6.07) is 5.47. The van der Waals surface area contributed by atoms with Crippen LogP contribution < -0.4 is 15.5 Å². The minimum Gasteiger partial charge on any atom is -0.375 e. The lowest BCUT2D eigenvalue weighted by Crippen LogP contribution is -2.20. The maximum atomic E-state index is 11.6. The van der Waals surface area contributed by atoms with Gasteiger partial charge in [0, 0.05) is 27.1 Å². The summed E-state index contributed by atoms with van der Waals surface area (Å²) in [4.78, 5) is 13.5. The largest absolute Gasteiger partial charge is 0.375 e. The van der Waals surface area contributed by atoms with Crippen molar-refractivity contribution in [3.05, 3.63) is 23.2 Å². The van der Waals surface area contributed by atoms with Crippen LogP contribution >= 0.6 is 11.6 Å². The van der Waals surface area contributed by atoms with E-state index in [2.05, 4.69) is 10.6 Å². The van der Waals surface area contributed by atoms with Crippen LogP contribution in [0.4, 0.5) is 11.4 Å². The first-order chi connectivity index (χ1) is 8.06. The van der Waals surface area contributed by atoms with Gasteiger partial charge in [0.15, 0.2) is 0 Å². The number of amides is 1. The van der Waals surface area contributed by atoms with Gasteiger partial charge in [-0.05, 0) is 19.2 Å². The number of hydrogen-bond acceptors (Lipinski definition) is 3. The second kappa shape index (κ2) is 6.47. The molecule has 4 nitrogen and oxygen atoms in total. The third-order valence-electron chi connectivity index (χ3n) is 2.31. The fraction of sp³-hybridized carbons (Fsp3) is 0.417. The smallest absolute Gasteiger partial charge is 0.225 e. The molecule has 1 rings (SSSR count). The molecule has 0 aliphatic heterocycles. The standard InChI is InChI=1S/C12H18ClN3O/c1-14-8-7-11(17)15-10-6-4-5-9(13)12(10)16(2)3/h4-6,14H,7-8H2,1-3H3,(H,15,17). The molecule has 0 atom stereocenters. The molecule has 0 fully saturated rings. The third-order valence-corrected chi connectivity index (χ3v) is 2.62. The first kappa shape index (κ1) is 13.8. The van der Waals surface area contributed by atoms with E-state index < -0.39 is 0 Å². The minimum absolute atomic E-state index is 0.0234. The predicted octanol–water partition coefficient (Wildman–Crippen LogP) is 1.95. The summed E-state index contributed by atoms with van der Waals surface area (Å²) >= 11 is 6.11. The molecule has 17 heavy (non-hydrogen) atoms. The zero-order valence-electron chi connectivity index (χ0n) is 10.4. The highest BCUT2D eigenvalue weighted by atomic mass is 35.5. The maximum Gasteiger partial charge on any atom is 0.225 e. The molecule has 0 unspecified atom stereocenters. The number of benzene rings is 1. The van der Waals surface area contributed by atoms with Crippen LogP contribution in [0, 0.1) is 0 Å². The number of nitrogens with one attached hydrogen (secondary N) is 2. The van der Waals surface area contributed by atoms with Crippen molar-refractivity contribution in [2.75, 3.05) is 37.9 Å². The minimum atomic E-state index is -0.0234. The quantitative estimate of drug-likeness (QED) is 0.845. The second-order valence-electron chi connectivity index (χ2n) is 3.93. The lowest BCUT2D eigenvalue weighted by molar-refractivity contribution is -0.116. The summed E-state index contributed by atoms with van der Waals surface area (Å²) in [5.74, 6) is -0.0234. The Balaban J connectivity index is 2.83. The second-order valence-corrected chi connectivity index (χ2v) is 4.34. The summed E-state index contributed by atoms with van der Waals surface area (Å²) in [7, 11) is 5.60. The van der Waals surface area contributed by atoms with E-state index in [9.17, 15) is 4.79 Å². The SMILES string of the molecule is CNCCC(=O)Nc1cccc(Cl)c1N(C)C. The topological polar surface area (TPSA) is 44.4 Å². The number of rotatable bonds is 5. The highest BCUT2D eigenvalue weighted by Crippen LogP contribution is 2.32. The number of para-hydroxylation sites is 1. The van der Waals surface area contributed by atoms with Gasteiger partial charge in [-0.1, -0.05) is 17.7 Å². The Morgan fingerprint density at radius 1 is 1.41 bits per heavy atom. The van der Waals surface area contributed by atoms with Gasteiger partial charge >= 0.3 is 0 Å². The van der Waals surface area contributed by atoms with Gasteiger partial charge in [0.05, 0.1) is 16.4 Å². The fourth-order valence-corrected chi connectivity index (χ4v) is 1.87. The van der Waals surface area contributed by atoms with Gasteiger partial charge in [0.1, 0.15) is 0 Å². The lowest BCUT2D eigenvalue weighted by Gasteiger charge is -2.19. The van der Waals surface area contributed by atoms with Gasteiger partial charge < -0.3 is 15.5 Å². The van der Waals surface area contributed by atoms with Crippen LogP contribution in [0.15, 0.2) is 18.2 Å². The van der Waals surface area contributed by atoms with E-state index >= 15 is 0 Å². The molecule has 0 saturated heterocycles. The Morgan fingerprint density at radius 3 is 2.71 bits per heavy atom. The number of carbonyl (C=O) groups excluding carboxylic acids is 1. The zero-order chi connectivity index (χ0) is 12.8. The molecule has 1 aromatic carbocycles. The van der Waals surface area contributed by atoms with Crippen LogP contribution in [0.5, 0.6) is 0 Å². The first-order valence-electron chi connectivity index (χ1n) is 5.46. The van der Waals surface area contributed by atoms with Gasteiger partial charge in [-0.3, -0.25) is 4.79 Å². The number of carbonyl (C=O) groups is 1. The zero-order valence-corrected chi connectivity index (χ0v) is 11.1. The molecule has 1 aromatic rings. The lowest BCUT2D eigenvalue weighted by atomic mass is 10.2. The number of anilines is 2. The summed E-state index contributed by atoms with van der Waals surface area (Å²) in [6.45, 7) is 0.656. The van der Waals surface area contributed by atoms with E-state index in [0.717, 1.165) is 11.4 Å². The summed E-state index contributed by atoms with van der Waals surface area (Å²) < 4.78 is 0. The molecule has 1 amide bonds. The van der Waals surface area contributed by atoms with Gasteiger partial charge in [-0.2, -0.15) is 0 Å². The molecule has 0 spiro atoms. The Bertz CT molecular complexity index is 393. The number of nitrogens with zero attached hydrogens (tertiary/aromatic N) is 1. The van der Waals surface area contributed by atoms with Crippen LogP contribution in [-0.4, -0.2) is 33.6 Å². The Hall–Kier alpha value is -1.26. The third kappa shape index (κ3) is 3.91. The van der Waals surface area contributed by atoms with E-state index in [1.807, 2.05) is 38.2 Å². The Morgan fingerprint density at radius 2 is 2.12 bits per heavy atom. The van der Waals surface area contributed by atoms with Crippen molar-refractivity contribution in [1.29, 1.82) is 0 Å². The fourth-order valence-electron chi connectivity index (χ4n) is 1.52. The van der Waals surface area contributed by atoms with Crippen molar-refractivity contribution in [2.24, 2.45) is 0 Å². The van der Waals surface area contributed by atoms with Crippen LogP contribution in [0.3, 0.4) is 0 Å². The molecule has 0 radical (unpaired) electrons. The highest BCUT2D eigenvalue weighted by Gasteiger charge is 2.11. The molecular formula is C12H18ClN3O. The van der Waals surface area contributed by atoms with Crippen molar-refractivity contribution in [1.82, 2.24) is 5.32 Å². The molecule has 0 aromatic heterocycles. The number of halogens is 1. The molecule has 94 valence electrons. The molecule has 0 saturated carbocycles. The van der Waals surface area contributed by atoms with Crippen molar-refractivity contribution >= 4 is 28.9 Å². The van der Waals surface area contributed by atoms with Crippen molar-refractivity contribution < 1.29 is 4.79 Å². The molecule has 2 N–H and O–H groups in total. The van der Waals surface area contributed by atoms with Gasteiger partial charge in [-0.25, -0.2) is 0 Å². The normalized spacial score (nSPS) is 10.1. The average Bonchev–Trinajstić information content (AvgIpc) is 2.25. The Kier molecular flexibility index (Phi) is 5.25. The Labute approximate surface area is 107 Å². The average molecular weight is 256 g/mol. The van der Waals surface area contributed by atoms with Crippen LogP contribution in [0.1, 0.15) is 6.42 Å². The molecule has 0 aliphatic carbocycles. The maximum absolute atomic E-state index is 11.6. The molecular weight excluding hydrogens is 238 g/mol. The van der Waals surface area contributed by atoms with Crippen molar-refractivity contribution in [3.63, 3.8) is 0 Å². The van der Waals surface area contributed by atoms with E-state index in [4.69, 9.17) is 11.6 Å². The van der Waals surface area contributed by atoms with Gasteiger partial charge in [0.25, 0.3) is 0 Å². The van der Waals surface area contributed by atoms with E-state index in [0.29, 0.717) is 18.0 Å². The monoisotopic (exact) mass is 255 g/mol. The predicted molar refractivity (Wildman–Crippen MR) is 73.0 cm³/mol. The number of hydrogen-bond donors (Lipinski definition) is 2. The van der Waals surface area contributed by atoms with Gasteiger partial charge in [0.2, 0.25) is 5.91 Å². The summed E-state index contributed by atoms with van der Waals surface area (Å²) in [6.07, 6.45) is 0.440. The van der Waals surface area contributed by atoms with E-state index in [1.165, 1.54) is 0 Å². The van der Waals surface area contributed by atoms with Crippen LogP contribution in [0.25, 0.3) is 0 Å². The summed E-state index contributed by atoms with van der Waals surface area (Å²) in [5, 5.41) is 6.42. The summed E-state index contributed by atoms with van der Waals surface area (Å²) in [5.41, 5.74) is 1.57. The van der Waals surface area contributed by atoms with Crippen molar-refractivity contribution in [3.8, 4) is 0 Å². The van der Waals surface area contributed by atoms with E-state index in [-0.39, 0.29) is 5.91 Å². The van der Waals surface area contributed by atoms with E-state index in [1.54, 1.807) is 6.07 Å². The van der Waals surface area contributed by atoms with Crippen LogP contribution in [-0.2, 0) is 4.79 Å². The molecule has 0 bridgehead atoms. The van der Waals surface area contributed by atoms with Crippen molar-refractivity contribution in [2.45, 2.75) is 6.42 Å². The molecule has 0 heterocycles. The van der Waals surface area contributed by atoms with Gasteiger partial charge in [-0.15, -0.1) is 0 Å².